The third kappa shape index (κ3) is 6.67. The van der Waals surface area contributed by atoms with E-state index in [-0.39, 0.29) is 11.3 Å². The Kier molecular flexibility index (Phi) is 9.66. The van der Waals surface area contributed by atoms with Crippen LogP contribution in [0.25, 0.3) is 11.4 Å². The zero-order valence-corrected chi connectivity index (χ0v) is 22.8. The highest BCUT2D eigenvalue weighted by Gasteiger charge is 2.32. The molecule has 0 bridgehead atoms. The Morgan fingerprint density at radius 3 is 2.54 bits per heavy atom. The number of fused-ring (bicyclic) bond motifs is 1. The fourth-order valence-electron chi connectivity index (χ4n) is 4.76. The summed E-state index contributed by atoms with van der Waals surface area (Å²) in [5, 5.41) is 3.73. The lowest BCUT2D eigenvalue weighted by molar-refractivity contribution is -0.119. The fourth-order valence-corrected chi connectivity index (χ4v) is 4.76. The highest BCUT2D eigenvalue weighted by Crippen LogP contribution is 2.36. The molecule has 2 unspecified atom stereocenters. The largest absolute Gasteiger partial charge is 0.481 e. The molecule has 1 N–H and O–H groups in total. The molecular formula is C29H38FN5O2. The molecule has 0 saturated carbocycles. The van der Waals surface area contributed by atoms with Crippen molar-refractivity contribution in [3.05, 3.63) is 59.4 Å². The molecule has 7 nitrogen and oxygen atoms in total. The highest BCUT2D eigenvalue weighted by molar-refractivity contribution is 5.85. The first-order valence-electron chi connectivity index (χ1n) is 13.1. The summed E-state index contributed by atoms with van der Waals surface area (Å²) in [5.74, 6) is 1.22. The number of methoxy groups -OCH3 is 1. The lowest BCUT2D eigenvalue weighted by Crippen LogP contribution is -2.41. The summed E-state index contributed by atoms with van der Waals surface area (Å²) in [6, 6.07) is 5.52. The van der Waals surface area contributed by atoms with Gasteiger partial charge in [0.25, 0.3) is 0 Å². The van der Waals surface area contributed by atoms with Crippen LogP contribution in [0.4, 0.5) is 10.2 Å². The van der Waals surface area contributed by atoms with Crippen LogP contribution in [0.3, 0.4) is 0 Å². The molecule has 198 valence electrons. The van der Waals surface area contributed by atoms with Crippen LogP contribution >= 0.6 is 0 Å². The van der Waals surface area contributed by atoms with Gasteiger partial charge in [0.1, 0.15) is 17.4 Å². The molecule has 0 fully saturated rings. The molecule has 8 heteroatoms. The van der Waals surface area contributed by atoms with Crippen LogP contribution in [-0.4, -0.2) is 38.4 Å². The van der Waals surface area contributed by atoms with Gasteiger partial charge in [-0.25, -0.2) is 24.3 Å². The normalized spacial score (nSPS) is 17.1. The van der Waals surface area contributed by atoms with Crippen LogP contribution in [0, 0.1) is 12.7 Å². The maximum Gasteiger partial charge on any atom is 0.213 e. The van der Waals surface area contributed by atoms with Gasteiger partial charge < -0.3 is 10.1 Å². The summed E-state index contributed by atoms with van der Waals surface area (Å²) < 4.78 is 18.3. The van der Waals surface area contributed by atoms with Crippen LogP contribution in [0.15, 0.2) is 36.8 Å². The minimum atomic E-state index is -0.467. The van der Waals surface area contributed by atoms with E-state index in [0.29, 0.717) is 17.9 Å². The summed E-state index contributed by atoms with van der Waals surface area (Å²) >= 11 is 0. The van der Waals surface area contributed by atoms with Gasteiger partial charge in [-0.2, -0.15) is 0 Å². The predicted molar refractivity (Wildman–Crippen MR) is 144 cm³/mol. The minimum Gasteiger partial charge on any atom is -0.481 e. The van der Waals surface area contributed by atoms with Crippen LogP contribution in [0.2, 0.25) is 0 Å². The molecule has 0 radical (unpaired) electrons. The van der Waals surface area contributed by atoms with Gasteiger partial charge in [-0.05, 0) is 50.3 Å². The molecule has 37 heavy (non-hydrogen) atoms. The van der Waals surface area contributed by atoms with Crippen molar-refractivity contribution in [1.29, 1.82) is 0 Å². The van der Waals surface area contributed by atoms with Crippen molar-refractivity contribution >= 4 is 11.6 Å². The van der Waals surface area contributed by atoms with Gasteiger partial charge in [-0.3, -0.25) is 4.79 Å². The van der Waals surface area contributed by atoms with Gasteiger partial charge >= 0.3 is 0 Å². The Morgan fingerprint density at radius 1 is 1.19 bits per heavy atom. The number of pyridine rings is 2. The molecule has 3 aromatic heterocycles. The topological polar surface area (TPSA) is 89.9 Å². The number of carbonyl (C=O) groups is 1. The number of Topliss-reactive ketones (excluding diaryl/α,β-unsaturated/α-hetero) is 1. The van der Waals surface area contributed by atoms with E-state index in [1.165, 1.54) is 38.0 Å². The van der Waals surface area contributed by atoms with Crippen molar-refractivity contribution in [2.24, 2.45) is 0 Å². The van der Waals surface area contributed by atoms with Gasteiger partial charge in [-0.1, -0.05) is 34.1 Å². The molecule has 0 aliphatic carbocycles. The summed E-state index contributed by atoms with van der Waals surface area (Å²) in [7, 11) is 1.45. The lowest BCUT2D eigenvalue weighted by Gasteiger charge is -2.39. The second-order valence-electron chi connectivity index (χ2n) is 9.50. The van der Waals surface area contributed by atoms with Crippen molar-refractivity contribution in [2.75, 3.05) is 12.4 Å². The van der Waals surface area contributed by atoms with Crippen LogP contribution in [0.1, 0.15) is 82.5 Å². The monoisotopic (exact) mass is 507 g/mol. The van der Waals surface area contributed by atoms with Crippen LogP contribution in [0.5, 0.6) is 5.88 Å². The molecule has 0 spiro atoms. The van der Waals surface area contributed by atoms with E-state index >= 15 is 0 Å². The smallest absolute Gasteiger partial charge is 0.213 e. The third-order valence-corrected chi connectivity index (χ3v) is 7.13. The quantitative estimate of drug-likeness (QED) is 0.374. The number of hydrogen-bond donors (Lipinski definition) is 1. The SMILES string of the molecule is CCC(=O)C(C)c1cc(OC)ncc1F.CCCC1(CC)CCc2cc(-c3ncccn3)c(C)nc2N1. The molecule has 0 amide bonds. The minimum absolute atomic E-state index is 0.00199. The number of ether oxygens (including phenoxy) is 1. The van der Waals surface area contributed by atoms with E-state index in [0.717, 1.165) is 41.9 Å². The average molecular weight is 508 g/mol. The third-order valence-electron chi connectivity index (χ3n) is 7.13. The standard InChI is InChI=1S/C18H24N4.C11H14FNO2/c1-4-8-18(5-2)9-7-14-12-15(13(3)21-16(14)22-18)17-19-10-6-11-20-17;1-4-10(14)7(2)8-5-11(15-3)13-6-9(8)12/h6,10-12H,4-5,7-9H2,1-3H3,(H,21,22);5-7H,4H2,1-3H3. The first kappa shape index (κ1) is 28.2. The van der Waals surface area contributed by atoms with Crippen molar-refractivity contribution in [1.82, 2.24) is 19.9 Å². The van der Waals surface area contributed by atoms with E-state index < -0.39 is 11.7 Å². The van der Waals surface area contributed by atoms with Gasteiger partial charge in [0.05, 0.1) is 19.0 Å². The summed E-state index contributed by atoms with van der Waals surface area (Å²) in [4.78, 5) is 28.7. The Labute approximate surface area is 219 Å². The average Bonchev–Trinajstić information content (AvgIpc) is 2.93. The van der Waals surface area contributed by atoms with Crippen molar-refractivity contribution in [2.45, 2.75) is 84.6 Å². The molecule has 0 saturated heterocycles. The Morgan fingerprint density at radius 2 is 1.92 bits per heavy atom. The molecular weight excluding hydrogens is 469 g/mol. The van der Waals surface area contributed by atoms with Gasteiger partial charge in [0.2, 0.25) is 5.88 Å². The van der Waals surface area contributed by atoms with Crippen molar-refractivity contribution in [3.63, 3.8) is 0 Å². The highest BCUT2D eigenvalue weighted by atomic mass is 19.1. The van der Waals surface area contributed by atoms with Gasteiger partial charge in [0, 0.05) is 47.5 Å². The predicted octanol–water partition coefficient (Wildman–Crippen LogP) is 6.47. The molecule has 1 aliphatic heterocycles. The molecule has 3 aromatic rings. The Bertz CT molecular complexity index is 1200. The fraction of sp³-hybridized carbons (Fsp3) is 0.483. The van der Waals surface area contributed by atoms with Gasteiger partial charge in [-0.15, -0.1) is 0 Å². The van der Waals surface area contributed by atoms with Crippen molar-refractivity contribution in [3.8, 4) is 17.3 Å². The summed E-state index contributed by atoms with van der Waals surface area (Å²) in [6.45, 7) is 10.0. The Balaban J connectivity index is 0.000000222. The number of nitrogens with one attached hydrogen (secondary N) is 1. The molecule has 4 rings (SSSR count). The summed E-state index contributed by atoms with van der Waals surface area (Å²) in [5.41, 5.74) is 3.87. The zero-order chi connectivity index (χ0) is 27.0. The summed E-state index contributed by atoms with van der Waals surface area (Å²) in [6.07, 6.45) is 10.8. The second-order valence-corrected chi connectivity index (χ2v) is 9.50. The molecule has 2 atom stereocenters. The van der Waals surface area contributed by atoms with E-state index in [2.05, 4.69) is 40.2 Å². The number of halogens is 1. The number of aromatic nitrogens is 4. The van der Waals surface area contributed by atoms with Crippen LogP contribution < -0.4 is 10.1 Å². The van der Waals surface area contributed by atoms with Crippen molar-refractivity contribution < 1.29 is 13.9 Å². The van der Waals surface area contributed by atoms with Gasteiger partial charge in [0.15, 0.2) is 5.82 Å². The number of carbonyl (C=O) groups excluding carboxylic acids is 1. The van der Waals surface area contributed by atoms with Crippen LogP contribution in [-0.2, 0) is 11.2 Å². The first-order valence-corrected chi connectivity index (χ1v) is 13.1. The Hall–Kier alpha value is -3.42. The number of rotatable bonds is 8. The number of ketones is 1. The maximum atomic E-state index is 13.4. The van der Waals surface area contributed by atoms with E-state index in [4.69, 9.17) is 9.72 Å². The molecule has 4 heterocycles. The second kappa shape index (κ2) is 12.7. The number of aryl methyl sites for hydroxylation is 2. The first-order chi connectivity index (χ1) is 17.8. The number of anilines is 1. The molecule has 1 aliphatic rings. The van der Waals surface area contributed by atoms with E-state index in [1.54, 1.807) is 26.2 Å². The maximum absolute atomic E-state index is 13.4. The zero-order valence-electron chi connectivity index (χ0n) is 22.8. The number of nitrogens with zero attached hydrogens (tertiary/aromatic N) is 4. The number of hydrogen-bond acceptors (Lipinski definition) is 7. The lowest BCUT2D eigenvalue weighted by atomic mass is 9.81. The van der Waals surface area contributed by atoms with E-state index in [9.17, 15) is 9.18 Å². The molecule has 0 aromatic carbocycles. The van der Waals surface area contributed by atoms with E-state index in [1.807, 2.05) is 13.0 Å².